The van der Waals surface area contributed by atoms with Crippen molar-refractivity contribution in [1.82, 2.24) is 10.0 Å². The fourth-order valence-electron chi connectivity index (χ4n) is 2.77. The summed E-state index contributed by atoms with van der Waals surface area (Å²) in [5.74, 6) is 0. The molecule has 4 nitrogen and oxygen atoms in total. The molecular formula is C13H18N2O2S. The summed E-state index contributed by atoms with van der Waals surface area (Å²) in [6, 6.07) is 5.55. The Bertz CT molecular complexity index is 548. The van der Waals surface area contributed by atoms with E-state index in [1.807, 2.05) is 6.07 Å². The van der Waals surface area contributed by atoms with Gasteiger partial charge in [0.25, 0.3) is 0 Å². The Morgan fingerprint density at radius 1 is 1.11 bits per heavy atom. The number of hydrogen-bond donors (Lipinski definition) is 2. The van der Waals surface area contributed by atoms with Crippen molar-refractivity contribution in [2.75, 3.05) is 0 Å². The number of fused-ring (bicyclic) bond motifs is 1. The van der Waals surface area contributed by atoms with E-state index in [0.717, 1.165) is 44.3 Å². The molecule has 0 saturated heterocycles. The summed E-state index contributed by atoms with van der Waals surface area (Å²) in [5.41, 5.74) is 2.30. The minimum absolute atomic E-state index is 0.126. The van der Waals surface area contributed by atoms with Crippen LogP contribution in [0.15, 0.2) is 23.1 Å². The van der Waals surface area contributed by atoms with E-state index in [-0.39, 0.29) is 6.04 Å². The van der Waals surface area contributed by atoms with Crippen molar-refractivity contribution in [2.24, 2.45) is 0 Å². The summed E-state index contributed by atoms with van der Waals surface area (Å²) in [4.78, 5) is 0.400. The summed E-state index contributed by atoms with van der Waals surface area (Å²) >= 11 is 0. The zero-order valence-corrected chi connectivity index (χ0v) is 11.1. The highest BCUT2D eigenvalue weighted by Gasteiger charge is 2.24. The summed E-state index contributed by atoms with van der Waals surface area (Å²) < 4.78 is 27.3. The molecule has 0 amide bonds. The number of sulfonamides is 1. The summed E-state index contributed by atoms with van der Waals surface area (Å²) in [6.07, 6.45) is 4.18. The minimum atomic E-state index is -3.34. The van der Waals surface area contributed by atoms with Crippen LogP contribution in [0.5, 0.6) is 0 Å². The maximum atomic E-state index is 12.3. The van der Waals surface area contributed by atoms with Gasteiger partial charge < -0.3 is 5.32 Å². The summed E-state index contributed by atoms with van der Waals surface area (Å²) in [5, 5.41) is 3.22. The molecule has 0 spiro atoms. The smallest absolute Gasteiger partial charge is 0.240 e. The molecule has 2 N–H and O–H groups in total. The Morgan fingerprint density at radius 3 is 2.61 bits per heavy atom. The van der Waals surface area contributed by atoms with Gasteiger partial charge in [0.05, 0.1) is 4.90 Å². The first-order valence-corrected chi connectivity index (χ1v) is 7.98. The van der Waals surface area contributed by atoms with Gasteiger partial charge in [-0.15, -0.1) is 0 Å². The Balaban J connectivity index is 1.84. The van der Waals surface area contributed by atoms with Gasteiger partial charge in [-0.05, 0) is 36.1 Å². The molecule has 0 atom stereocenters. The second-order valence-electron chi connectivity index (χ2n) is 5.14. The lowest BCUT2D eigenvalue weighted by atomic mass is 10.1. The zero-order chi connectivity index (χ0) is 12.6. The van der Waals surface area contributed by atoms with E-state index in [4.69, 9.17) is 0 Å². The molecule has 1 saturated carbocycles. The molecule has 5 heteroatoms. The molecule has 0 radical (unpaired) electrons. The van der Waals surface area contributed by atoms with E-state index >= 15 is 0 Å². The fraction of sp³-hybridized carbons (Fsp3) is 0.538. The van der Waals surface area contributed by atoms with Crippen molar-refractivity contribution < 1.29 is 8.42 Å². The third kappa shape index (κ3) is 2.30. The third-order valence-electron chi connectivity index (χ3n) is 3.80. The molecule has 0 unspecified atom stereocenters. The lowest BCUT2D eigenvalue weighted by Gasteiger charge is -2.13. The second kappa shape index (κ2) is 4.64. The van der Waals surface area contributed by atoms with Crippen LogP contribution in [-0.2, 0) is 23.1 Å². The van der Waals surface area contributed by atoms with Gasteiger partial charge in [-0.1, -0.05) is 18.9 Å². The average molecular weight is 266 g/mol. The fourth-order valence-corrected chi connectivity index (χ4v) is 4.12. The van der Waals surface area contributed by atoms with Crippen LogP contribution in [0.1, 0.15) is 36.8 Å². The molecule has 98 valence electrons. The van der Waals surface area contributed by atoms with Crippen molar-refractivity contribution >= 4 is 10.0 Å². The third-order valence-corrected chi connectivity index (χ3v) is 5.31. The van der Waals surface area contributed by atoms with Crippen LogP contribution in [0, 0.1) is 0 Å². The van der Waals surface area contributed by atoms with Gasteiger partial charge in [-0.2, -0.15) is 0 Å². The van der Waals surface area contributed by atoms with Crippen molar-refractivity contribution in [1.29, 1.82) is 0 Å². The van der Waals surface area contributed by atoms with Crippen LogP contribution >= 0.6 is 0 Å². The molecule has 1 aromatic carbocycles. The predicted octanol–water partition coefficient (Wildman–Crippen LogP) is 1.51. The molecular weight excluding hydrogens is 248 g/mol. The molecule has 1 heterocycles. The number of benzene rings is 1. The standard InChI is InChI=1S/C13H18N2O2S/c16-18(17,15-12-3-1-2-4-12)13-6-5-10-8-14-9-11(10)7-13/h5-7,12,14-15H,1-4,8-9H2. The predicted molar refractivity (Wildman–Crippen MR) is 69.6 cm³/mol. The lowest BCUT2D eigenvalue weighted by molar-refractivity contribution is 0.552. The van der Waals surface area contributed by atoms with E-state index in [1.165, 1.54) is 5.56 Å². The van der Waals surface area contributed by atoms with Crippen molar-refractivity contribution in [2.45, 2.75) is 49.7 Å². The summed E-state index contributed by atoms with van der Waals surface area (Å²) in [7, 11) is -3.34. The first-order chi connectivity index (χ1) is 8.65. The minimum Gasteiger partial charge on any atom is -0.309 e. The van der Waals surface area contributed by atoms with E-state index in [1.54, 1.807) is 12.1 Å². The largest absolute Gasteiger partial charge is 0.309 e. The number of nitrogens with one attached hydrogen (secondary N) is 2. The average Bonchev–Trinajstić information content (AvgIpc) is 2.97. The lowest BCUT2D eigenvalue weighted by Crippen LogP contribution is -2.32. The van der Waals surface area contributed by atoms with E-state index in [0.29, 0.717) is 4.90 Å². The topological polar surface area (TPSA) is 58.2 Å². The molecule has 1 aliphatic heterocycles. The Hall–Kier alpha value is -0.910. The molecule has 1 fully saturated rings. The normalized spacial score (nSPS) is 20.2. The van der Waals surface area contributed by atoms with Crippen molar-refractivity contribution in [3.05, 3.63) is 29.3 Å². The Morgan fingerprint density at radius 2 is 1.83 bits per heavy atom. The van der Waals surface area contributed by atoms with Gasteiger partial charge >= 0.3 is 0 Å². The quantitative estimate of drug-likeness (QED) is 0.872. The van der Waals surface area contributed by atoms with Gasteiger partial charge in [0, 0.05) is 19.1 Å². The van der Waals surface area contributed by atoms with Crippen LogP contribution in [0.2, 0.25) is 0 Å². The molecule has 18 heavy (non-hydrogen) atoms. The number of rotatable bonds is 3. The highest BCUT2D eigenvalue weighted by Crippen LogP contribution is 2.23. The maximum Gasteiger partial charge on any atom is 0.240 e. The molecule has 1 aliphatic carbocycles. The monoisotopic (exact) mass is 266 g/mol. The van der Waals surface area contributed by atoms with Crippen molar-refractivity contribution in [3.63, 3.8) is 0 Å². The van der Waals surface area contributed by atoms with Crippen LogP contribution in [0.25, 0.3) is 0 Å². The second-order valence-corrected chi connectivity index (χ2v) is 6.85. The first-order valence-electron chi connectivity index (χ1n) is 6.50. The Kier molecular flexibility index (Phi) is 3.13. The van der Waals surface area contributed by atoms with Crippen LogP contribution in [0.4, 0.5) is 0 Å². The molecule has 0 aromatic heterocycles. The molecule has 1 aromatic rings. The van der Waals surface area contributed by atoms with E-state index in [2.05, 4.69) is 10.0 Å². The van der Waals surface area contributed by atoms with Gasteiger partial charge in [0.1, 0.15) is 0 Å². The van der Waals surface area contributed by atoms with Crippen molar-refractivity contribution in [3.8, 4) is 0 Å². The SMILES string of the molecule is O=S(=O)(NC1CCCC1)c1ccc2c(c1)CNC2. The molecule has 3 rings (SSSR count). The van der Waals surface area contributed by atoms with Gasteiger partial charge in [0.2, 0.25) is 10.0 Å². The zero-order valence-electron chi connectivity index (χ0n) is 10.3. The molecule has 2 aliphatic rings. The van der Waals surface area contributed by atoms with Crippen LogP contribution in [0.3, 0.4) is 0 Å². The van der Waals surface area contributed by atoms with Gasteiger partial charge in [-0.3, -0.25) is 0 Å². The summed E-state index contributed by atoms with van der Waals surface area (Å²) in [6.45, 7) is 1.60. The maximum absolute atomic E-state index is 12.3. The highest BCUT2D eigenvalue weighted by atomic mass is 32.2. The number of hydrogen-bond acceptors (Lipinski definition) is 3. The van der Waals surface area contributed by atoms with Gasteiger partial charge in [-0.25, -0.2) is 13.1 Å². The van der Waals surface area contributed by atoms with E-state index in [9.17, 15) is 8.42 Å². The van der Waals surface area contributed by atoms with Gasteiger partial charge in [0.15, 0.2) is 0 Å². The first kappa shape index (κ1) is 12.1. The van der Waals surface area contributed by atoms with Crippen LogP contribution in [-0.4, -0.2) is 14.5 Å². The molecule has 0 bridgehead atoms. The van der Waals surface area contributed by atoms with E-state index < -0.39 is 10.0 Å². The Labute approximate surface area is 108 Å². The highest BCUT2D eigenvalue weighted by molar-refractivity contribution is 7.89. The van der Waals surface area contributed by atoms with Crippen LogP contribution < -0.4 is 10.0 Å².